The number of nitrogens with two attached hydrogens (primary N) is 3. The molecule has 2 amide bonds. The van der Waals surface area contributed by atoms with Crippen LogP contribution in [0.5, 0.6) is 0 Å². The van der Waals surface area contributed by atoms with Crippen molar-refractivity contribution in [1.29, 1.82) is 0 Å². The predicted octanol–water partition coefficient (Wildman–Crippen LogP) is 2.12. The number of benzene rings is 1. The van der Waals surface area contributed by atoms with E-state index in [9.17, 15) is 14.0 Å². The van der Waals surface area contributed by atoms with E-state index < -0.39 is 11.9 Å². The molecule has 0 aliphatic rings. The van der Waals surface area contributed by atoms with E-state index in [4.69, 9.17) is 17.4 Å². The molecule has 1 heterocycles. The summed E-state index contributed by atoms with van der Waals surface area (Å²) in [6.45, 7) is 5.33. The summed E-state index contributed by atoms with van der Waals surface area (Å²) in [5, 5.41) is 9.81. The van der Waals surface area contributed by atoms with E-state index in [1.54, 1.807) is 36.5 Å². The number of nitrogens with one attached hydrogen (secondary N) is 2. The SMILES string of the molecule is C/C=C\C.CNC(=O)C(NC=O)c1ccc(-c2cnc(N)c(/C(=N/N)N(N)C/C=C(\C)F)c2)cc1. The molecule has 10 nitrogen and oxygen atoms in total. The number of pyridine rings is 1. The van der Waals surface area contributed by atoms with Gasteiger partial charge in [-0.3, -0.25) is 14.6 Å². The van der Waals surface area contributed by atoms with Crippen molar-refractivity contribution in [3.05, 3.63) is 71.7 Å². The highest BCUT2D eigenvalue weighted by Gasteiger charge is 2.19. The van der Waals surface area contributed by atoms with Crippen molar-refractivity contribution in [3.8, 4) is 11.1 Å². The smallest absolute Gasteiger partial charge is 0.246 e. The lowest BCUT2D eigenvalue weighted by atomic mass is 10.00. The number of likely N-dealkylation sites (N-methyl/N-ethyl adjacent to an activating group) is 1. The maximum absolute atomic E-state index is 13.0. The minimum atomic E-state index is -0.814. The van der Waals surface area contributed by atoms with Gasteiger partial charge in [0, 0.05) is 18.8 Å². The Morgan fingerprint density at radius 3 is 2.34 bits per heavy atom. The van der Waals surface area contributed by atoms with E-state index in [-0.39, 0.29) is 24.1 Å². The minimum absolute atomic E-state index is 0.0291. The second kappa shape index (κ2) is 14.8. The number of carbonyl (C=O) groups is 2. The molecule has 2 aromatic rings. The Kier molecular flexibility index (Phi) is 12.2. The molecular formula is C24H33FN8O2. The monoisotopic (exact) mass is 484 g/mol. The van der Waals surface area contributed by atoms with Crippen LogP contribution < -0.4 is 28.1 Å². The highest BCUT2D eigenvalue weighted by atomic mass is 19.1. The van der Waals surface area contributed by atoms with Gasteiger partial charge in [0.2, 0.25) is 12.3 Å². The van der Waals surface area contributed by atoms with Crippen LogP contribution in [0, 0.1) is 0 Å². The van der Waals surface area contributed by atoms with Crippen molar-refractivity contribution < 1.29 is 14.0 Å². The number of halogens is 1. The Balaban J connectivity index is 0.00000142. The summed E-state index contributed by atoms with van der Waals surface area (Å²) in [6.07, 6.45) is 7.30. The third kappa shape index (κ3) is 8.55. The molecule has 0 aliphatic heterocycles. The van der Waals surface area contributed by atoms with Gasteiger partial charge >= 0.3 is 0 Å². The molecule has 0 bridgehead atoms. The van der Waals surface area contributed by atoms with Crippen LogP contribution in [-0.4, -0.2) is 41.7 Å². The summed E-state index contributed by atoms with van der Waals surface area (Å²) in [7, 11) is 1.49. The maximum Gasteiger partial charge on any atom is 0.246 e. The van der Waals surface area contributed by atoms with E-state index in [2.05, 4.69) is 20.7 Å². The zero-order chi connectivity index (χ0) is 26.4. The van der Waals surface area contributed by atoms with E-state index in [1.807, 2.05) is 26.0 Å². The molecule has 0 fully saturated rings. The van der Waals surface area contributed by atoms with Crippen molar-refractivity contribution >= 4 is 24.0 Å². The quantitative estimate of drug-likeness (QED) is 0.0956. The molecule has 0 spiro atoms. The summed E-state index contributed by atoms with van der Waals surface area (Å²) in [5.74, 6) is 11.0. The van der Waals surface area contributed by atoms with Crippen LogP contribution in [0.1, 0.15) is 37.9 Å². The normalized spacial score (nSPS) is 12.4. The van der Waals surface area contributed by atoms with Gasteiger partial charge in [-0.2, -0.15) is 5.10 Å². The van der Waals surface area contributed by atoms with Crippen molar-refractivity contribution in [1.82, 2.24) is 20.6 Å². The fourth-order valence-electron chi connectivity index (χ4n) is 2.83. The van der Waals surface area contributed by atoms with Crippen LogP contribution >= 0.6 is 0 Å². The Hall–Kier alpha value is -4.25. The number of anilines is 1. The van der Waals surface area contributed by atoms with E-state index >= 15 is 0 Å². The maximum atomic E-state index is 13.0. The molecule has 1 unspecified atom stereocenters. The van der Waals surface area contributed by atoms with Gasteiger partial charge in [-0.05, 0) is 44.0 Å². The van der Waals surface area contributed by atoms with Gasteiger partial charge < -0.3 is 22.2 Å². The Morgan fingerprint density at radius 1 is 1.23 bits per heavy atom. The minimum Gasteiger partial charge on any atom is -0.383 e. The number of amidine groups is 1. The third-order valence-electron chi connectivity index (χ3n) is 4.78. The summed E-state index contributed by atoms with van der Waals surface area (Å²) in [4.78, 5) is 27.0. The average molecular weight is 485 g/mol. The third-order valence-corrected chi connectivity index (χ3v) is 4.78. The molecule has 1 aromatic carbocycles. The van der Waals surface area contributed by atoms with Gasteiger partial charge in [-0.15, -0.1) is 0 Å². The van der Waals surface area contributed by atoms with Crippen LogP contribution in [-0.2, 0) is 9.59 Å². The topological polar surface area (TPSA) is 165 Å². The first kappa shape index (κ1) is 28.8. The molecule has 35 heavy (non-hydrogen) atoms. The number of hydrazone groups is 1. The lowest BCUT2D eigenvalue weighted by Crippen LogP contribution is -2.39. The van der Waals surface area contributed by atoms with Crippen molar-refractivity contribution in [2.75, 3.05) is 19.3 Å². The fraction of sp³-hybridized carbons (Fsp3) is 0.250. The molecule has 0 saturated heterocycles. The summed E-state index contributed by atoms with van der Waals surface area (Å²) < 4.78 is 13.0. The first-order valence-corrected chi connectivity index (χ1v) is 10.7. The van der Waals surface area contributed by atoms with Crippen molar-refractivity contribution in [2.24, 2.45) is 16.8 Å². The standard InChI is InChI=1S/C20H25FN8O2.C4H8/c1-12(21)7-8-29(24)19(28-23)16-9-15(10-26-18(16)22)13-3-5-14(6-4-13)17(27-11-30)20(31)25-2;1-3-4-2/h3-7,9-11,17H,8,23-24H2,1-2H3,(H2,22,26)(H,25,31)(H,27,30);3-4H,1-2H3/b12-7+,28-19-;4-3-. The van der Waals surface area contributed by atoms with Gasteiger partial charge in [0.05, 0.1) is 17.9 Å². The van der Waals surface area contributed by atoms with E-state index in [1.165, 1.54) is 20.0 Å². The van der Waals surface area contributed by atoms with Crippen molar-refractivity contribution in [3.63, 3.8) is 0 Å². The number of hydrogen-bond donors (Lipinski definition) is 5. The summed E-state index contributed by atoms with van der Waals surface area (Å²) in [5.41, 5.74) is 8.40. The highest BCUT2D eigenvalue weighted by molar-refractivity contribution is 6.03. The number of hydrogen-bond acceptors (Lipinski definition) is 7. The van der Waals surface area contributed by atoms with Gasteiger partial charge in [0.25, 0.3) is 0 Å². The van der Waals surface area contributed by atoms with Gasteiger partial charge in [-0.25, -0.2) is 15.2 Å². The molecule has 11 heteroatoms. The van der Waals surface area contributed by atoms with Crippen LogP contribution in [0.25, 0.3) is 11.1 Å². The highest BCUT2D eigenvalue weighted by Crippen LogP contribution is 2.25. The molecular weight excluding hydrogens is 451 g/mol. The lowest BCUT2D eigenvalue weighted by Gasteiger charge is -2.20. The zero-order valence-electron chi connectivity index (χ0n) is 20.3. The number of aromatic nitrogens is 1. The van der Waals surface area contributed by atoms with E-state index in [0.717, 1.165) is 10.6 Å². The van der Waals surface area contributed by atoms with Crippen LogP contribution in [0.4, 0.5) is 10.2 Å². The number of hydrazine groups is 1. The number of rotatable bonds is 8. The number of carbonyl (C=O) groups excluding carboxylic acids is 2. The Morgan fingerprint density at radius 2 is 1.86 bits per heavy atom. The average Bonchev–Trinajstić information content (AvgIpc) is 2.87. The van der Waals surface area contributed by atoms with Gasteiger partial charge in [0.1, 0.15) is 11.9 Å². The first-order chi connectivity index (χ1) is 16.7. The number of amides is 2. The van der Waals surface area contributed by atoms with Crippen molar-refractivity contribution in [2.45, 2.75) is 26.8 Å². The summed E-state index contributed by atoms with van der Waals surface area (Å²) in [6, 6.07) is 7.85. The van der Waals surface area contributed by atoms with E-state index in [0.29, 0.717) is 23.1 Å². The Bertz CT molecular complexity index is 1060. The summed E-state index contributed by atoms with van der Waals surface area (Å²) >= 11 is 0. The molecule has 1 aromatic heterocycles. The lowest BCUT2D eigenvalue weighted by molar-refractivity contribution is -0.125. The van der Waals surface area contributed by atoms with Crippen LogP contribution in [0.3, 0.4) is 0 Å². The number of nitrogen functional groups attached to an aromatic ring is 1. The van der Waals surface area contributed by atoms with Gasteiger partial charge in [-0.1, -0.05) is 36.4 Å². The zero-order valence-corrected chi connectivity index (χ0v) is 20.3. The molecule has 2 rings (SSSR count). The molecule has 0 saturated carbocycles. The van der Waals surface area contributed by atoms with Crippen LogP contribution in [0.15, 0.2) is 65.7 Å². The molecule has 188 valence electrons. The number of allylic oxidation sites excluding steroid dienone is 3. The largest absolute Gasteiger partial charge is 0.383 e. The number of nitrogens with zero attached hydrogens (tertiary/aromatic N) is 3. The predicted molar refractivity (Wildman–Crippen MR) is 137 cm³/mol. The first-order valence-electron chi connectivity index (χ1n) is 10.7. The molecule has 0 aliphatic carbocycles. The second-order valence-electron chi connectivity index (χ2n) is 7.17. The molecule has 1 atom stereocenters. The van der Waals surface area contributed by atoms with Crippen LogP contribution in [0.2, 0.25) is 0 Å². The molecule has 0 radical (unpaired) electrons. The van der Waals surface area contributed by atoms with Gasteiger partial charge in [0.15, 0.2) is 5.84 Å². The Labute approximate surface area is 204 Å². The molecule has 8 N–H and O–H groups in total. The second-order valence-corrected chi connectivity index (χ2v) is 7.17. The fourth-order valence-corrected chi connectivity index (χ4v) is 2.83.